The Bertz CT molecular complexity index is 1080. The van der Waals surface area contributed by atoms with Crippen LogP contribution in [0.3, 0.4) is 0 Å². The maximum Gasteiger partial charge on any atom is 0.255 e. The van der Waals surface area contributed by atoms with E-state index in [0.717, 1.165) is 21.6 Å². The quantitative estimate of drug-likeness (QED) is 0.520. The summed E-state index contributed by atoms with van der Waals surface area (Å²) >= 11 is 7.62. The van der Waals surface area contributed by atoms with E-state index in [2.05, 4.69) is 5.32 Å². The number of thioether (sulfide) groups is 1. The lowest BCUT2D eigenvalue weighted by Crippen LogP contribution is -2.31. The van der Waals surface area contributed by atoms with Gasteiger partial charge in [0.25, 0.3) is 5.56 Å². The molecule has 0 bridgehead atoms. The molecule has 2 aromatic carbocycles. The first-order valence-electron chi connectivity index (χ1n) is 9.58. The van der Waals surface area contributed by atoms with E-state index in [-0.39, 0.29) is 17.9 Å². The predicted molar refractivity (Wildman–Crippen MR) is 123 cm³/mol. The van der Waals surface area contributed by atoms with Crippen LogP contribution in [-0.2, 0) is 30.2 Å². The number of nitrogens with two attached hydrogens (primary N) is 1. The average molecular weight is 442 g/mol. The van der Waals surface area contributed by atoms with Gasteiger partial charge in [-0.05, 0) is 53.9 Å². The van der Waals surface area contributed by atoms with E-state index in [1.807, 2.05) is 49.4 Å². The largest absolute Gasteiger partial charge is 0.352 e. The van der Waals surface area contributed by atoms with Gasteiger partial charge in [0.15, 0.2) is 0 Å². The van der Waals surface area contributed by atoms with Gasteiger partial charge in [0.05, 0.1) is 12.3 Å². The molecule has 3 aromatic rings. The number of rotatable bonds is 8. The van der Waals surface area contributed by atoms with E-state index in [0.29, 0.717) is 29.6 Å². The van der Waals surface area contributed by atoms with Crippen LogP contribution in [0, 0.1) is 6.92 Å². The molecule has 0 saturated heterocycles. The van der Waals surface area contributed by atoms with Crippen molar-refractivity contribution in [2.45, 2.75) is 37.2 Å². The third-order valence-corrected chi connectivity index (χ3v) is 6.06. The zero-order valence-corrected chi connectivity index (χ0v) is 18.3. The third-order valence-electron chi connectivity index (χ3n) is 4.81. The summed E-state index contributed by atoms with van der Waals surface area (Å²) in [7, 11) is 0. The van der Waals surface area contributed by atoms with E-state index in [9.17, 15) is 9.59 Å². The number of aromatic nitrogens is 1. The minimum absolute atomic E-state index is 0.0278. The molecule has 0 radical (unpaired) electrons. The average Bonchev–Trinajstić information content (AvgIpc) is 2.75. The molecule has 30 heavy (non-hydrogen) atoms. The third kappa shape index (κ3) is 5.75. The van der Waals surface area contributed by atoms with Crippen LogP contribution < -0.4 is 16.6 Å². The molecule has 0 aliphatic heterocycles. The maximum absolute atomic E-state index is 12.9. The van der Waals surface area contributed by atoms with Gasteiger partial charge in [0.1, 0.15) is 0 Å². The Morgan fingerprint density at radius 2 is 1.90 bits per heavy atom. The molecule has 156 valence electrons. The fourth-order valence-corrected chi connectivity index (χ4v) is 4.10. The van der Waals surface area contributed by atoms with Gasteiger partial charge in [-0.2, -0.15) is 0 Å². The first-order chi connectivity index (χ1) is 14.5. The maximum atomic E-state index is 12.9. The van der Waals surface area contributed by atoms with E-state index < -0.39 is 0 Å². The van der Waals surface area contributed by atoms with E-state index in [1.54, 1.807) is 34.7 Å². The Labute approximate surface area is 185 Å². The zero-order chi connectivity index (χ0) is 21.5. The second-order valence-electron chi connectivity index (χ2n) is 6.91. The van der Waals surface area contributed by atoms with Gasteiger partial charge >= 0.3 is 0 Å². The number of halogens is 1. The highest BCUT2D eigenvalue weighted by atomic mass is 35.5. The smallest absolute Gasteiger partial charge is 0.255 e. The second-order valence-corrected chi connectivity index (χ2v) is 8.36. The van der Waals surface area contributed by atoms with Crippen LogP contribution in [0.2, 0.25) is 5.02 Å². The van der Waals surface area contributed by atoms with Crippen molar-refractivity contribution in [2.75, 3.05) is 0 Å². The molecule has 0 aliphatic rings. The second kappa shape index (κ2) is 10.5. The number of amides is 1. The van der Waals surface area contributed by atoms with Crippen LogP contribution in [0.1, 0.15) is 22.3 Å². The molecule has 5 nitrogen and oxygen atoms in total. The molecule has 1 amide bonds. The van der Waals surface area contributed by atoms with Crippen molar-refractivity contribution >= 4 is 29.3 Å². The lowest BCUT2D eigenvalue weighted by molar-refractivity contribution is -0.120. The molecular weight excluding hydrogens is 418 g/mol. The molecule has 3 N–H and O–H groups in total. The topological polar surface area (TPSA) is 77.1 Å². The summed E-state index contributed by atoms with van der Waals surface area (Å²) in [6, 6.07) is 17.2. The highest BCUT2D eigenvalue weighted by Crippen LogP contribution is 2.19. The molecule has 0 atom stereocenters. The standard InChI is InChI=1S/C23H24ClN3O2S/c1-16-9-10-27(15-30-20-5-3-2-4-6-20)23(29)21(16)12-22(28)26-14-18-11-19(24)8-7-17(18)13-25/h2-11H,12-15,25H2,1H3,(H,26,28). The minimum atomic E-state index is -0.216. The fraction of sp³-hybridized carbons (Fsp3) is 0.217. The van der Waals surface area contributed by atoms with E-state index >= 15 is 0 Å². The van der Waals surface area contributed by atoms with Gasteiger partial charge in [-0.3, -0.25) is 9.59 Å². The van der Waals surface area contributed by atoms with Gasteiger partial charge in [-0.25, -0.2) is 0 Å². The highest BCUT2D eigenvalue weighted by Gasteiger charge is 2.13. The van der Waals surface area contributed by atoms with Crippen molar-refractivity contribution in [1.82, 2.24) is 9.88 Å². The van der Waals surface area contributed by atoms with Crippen LogP contribution >= 0.6 is 23.4 Å². The predicted octanol–water partition coefficient (Wildman–Crippen LogP) is 3.88. The number of aryl methyl sites for hydroxylation is 1. The first-order valence-corrected chi connectivity index (χ1v) is 10.9. The number of nitrogens with one attached hydrogen (secondary N) is 1. The number of pyridine rings is 1. The van der Waals surface area contributed by atoms with E-state index in [1.165, 1.54) is 0 Å². The Morgan fingerprint density at radius 3 is 2.63 bits per heavy atom. The molecule has 0 spiro atoms. The zero-order valence-electron chi connectivity index (χ0n) is 16.7. The van der Waals surface area contributed by atoms with Crippen molar-refractivity contribution in [3.05, 3.63) is 98.4 Å². The van der Waals surface area contributed by atoms with Crippen molar-refractivity contribution in [2.24, 2.45) is 5.73 Å². The number of carbonyl (C=O) groups is 1. The van der Waals surface area contributed by atoms with Gasteiger partial charge in [0, 0.05) is 34.8 Å². The molecule has 0 aliphatic carbocycles. The summed E-state index contributed by atoms with van der Waals surface area (Å²) in [5, 5.41) is 3.47. The van der Waals surface area contributed by atoms with Crippen molar-refractivity contribution in [3.8, 4) is 0 Å². The van der Waals surface area contributed by atoms with Crippen LogP contribution in [0.25, 0.3) is 0 Å². The summed E-state index contributed by atoms with van der Waals surface area (Å²) in [5.41, 5.74) is 8.73. The number of hydrogen-bond donors (Lipinski definition) is 2. The molecule has 3 rings (SSSR count). The molecule has 1 aromatic heterocycles. The molecule has 1 heterocycles. The van der Waals surface area contributed by atoms with Gasteiger partial charge in [-0.15, -0.1) is 11.8 Å². The van der Waals surface area contributed by atoms with Gasteiger partial charge in [0.2, 0.25) is 5.91 Å². The number of carbonyl (C=O) groups excluding carboxylic acids is 1. The summed E-state index contributed by atoms with van der Waals surface area (Å²) in [5.74, 6) is 0.270. The lowest BCUT2D eigenvalue weighted by atomic mass is 10.1. The molecule has 0 fully saturated rings. The molecular formula is C23H24ClN3O2S. The van der Waals surface area contributed by atoms with E-state index in [4.69, 9.17) is 17.3 Å². The Morgan fingerprint density at radius 1 is 1.13 bits per heavy atom. The summed E-state index contributed by atoms with van der Waals surface area (Å²) in [6.45, 7) is 2.53. The lowest BCUT2D eigenvalue weighted by Gasteiger charge is -2.12. The van der Waals surface area contributed by atoms with Crippen LogP contribution in [0.15, 0.2) is 70.5 Å². The first kappa shape index (κ1) is 22.2. The summed E-state index contributed by atoms with van der Waals surface area (Å²) in [4.78, 5) is 26.5. The Hall–Kier alpha value is -2.54. The van der Waals surface area contributed by atoms with Gasteiger partial charge in [-0.1, -0.05) is 35.9 Å². The van der Waals surface area contributed by atoms with Gasteiger partial charge < -0.3 is 15.6 Å². The Balaban J connectivity index is 1.67. The number of nitrogens with zero attached hydrogens (tertiary/aromatic N) is 1. The van der Waals surface area contributed by atoms with Crippen molar-refractivity contribution in [3.63, 3.8) is 0 Å². The van der Waals surface area contributed by atoms with Crippen LogP contribution in [0.4, 0.5) is 0 Å². The monoisotopic (exact) mass is 441 g/mol. The van der Waals surface area contributed by atoms with Crippen LogP contribution in [-0.4, -0.2) is 10.5 Å². The summed E-state index contributed by atoms with van der Waals surface area (Å²) in [6.07, 6.45) is 1.80. The molecule has 7 heteroatoms. The Kier molecular flexibility index (Phi) is 7.74. The number of benzene rings is 2. The van der Waals surface area contributed by atoms with Crippen LogP contribution in [0.5, 0.6) is 0 Å². The minimum Gasteiger partial charge on any atom is -0.352 e. The highest BCUT2D eigenvalue weighted by molar-refractivity contribution is 7.98. The van der Waals surface area contributed by atoms with Crippen molar-refractivity contribution < 1.29 is 4.79 Å². The summed E-state index contributed by atoms with van der Waals surface area (Å²) < 4.78 is 1.64. The fourth-order valence-electron chi connectivity index (χ4n) is 3.06. The SMILES string of the molecule is Cc1ccn(CSc2ccccc2)c(=O)c1CC(=O)NCc1cc(Cl)ccc1CN. The molecule has 0 saturated carbocycles. The normalized spacial score (nSPS) is 10.8. The number of hydrogen-bond acceptors (Lipinski definition) is 4. The van der Waals surface area contributed by atoms with Crippen molar-refractivity contribution in [1.29, 1.82) is 0 Å². The molecule has 0 unspecified atom stereocenters.